The largest absolute Gasteiger partial charge is 0.346 e. The molecule has 3 rings (SSSR count). The first-order chi connectivity index (χ1) is 10.1. The molecule has 1 aliphatic heterocycles. The molecule has 1 aromatic carbocycles. The average Bonchev–Trinajstić information content (AvgIpc) is 3.08. The molecule has 21 heavy (non-hydrogen) atoms. The van der Waals surface area contributed by atoms with Crippen LogP contribution < -0.4 is 10.2 Å². The van der Waals surface area contributed by atoms with Crippen LogP contribution in [-0.4, -0.2) is 24.4 Å². The van der Waals surface area contributed by atoms with Crippen LogP contribution >= 0.6 is 11.3 Å². The van der Waals surface area contributed by atoms with Gasteiger partial charge in [0.15, 0.2) is 0 Å². The molecule has 2 amide bonds. The van der Waals surface area contributed by atoms with E-state index in [-0.39, 0.29) is 30.1 Å². The number of carbonyl (C=O) groups excluding carboxylic acids is 2. The maximum absolute atomic E-state index is 13.2. The van der Waals surface area contributed by atoms with Gasteiger partial charge in [-0.1, -0.05) is 12.1 Å². The van der Waals surface area contributed by atoms with Crippen LogP contribution in [-0.2, 0) is 4.79 Å². The third-order valence-electron chi connectivity index (χ3n) is 3.33. The van der Waals surface area contributed by atoms with Crippen molar-refractivity contribution in [3.8, 4) is 0 Å². The summed E-state index contributed by atoms with van der Waals surface area (Å²) in [6, 6.07) is 9.19. The number of benzene rings is 1. The van der Waals surface area contributed by atoms with Gasteiger partial charge in [-0.15, -0.1) is 11.3 Å². The Morgan fingerprint density at radius 1 is 1.33 bits per heavy atom. The molecule has 0 saturated carbocycles. The number of nitrogens with one attached hydrogen (secondary N) is 1. The molecule has 1 aromatic heterocycles. The van der Waals surface area contributed by atoms with E-state index in [1.165, 1.54) is 28.4 Å². The summed E-state index contributed by atoms with van der Waals surface area (Å²) in [7, 11) is 0. The van der Waals surface area contributed by atoms with Crippen LogP contribution in [0, 0.1) is 5.82 Å². The number of halogens is 1. The highest BCUT2D eigenvalue weighted by Crippen LogP contribution is 2.22. The van der Waals surface area contributed by atoms with Crippen molar-refractivity contribution in [3.05, 3.63) is 52.5 Å². The van der Waals surface area contributed by atoms with Gasteiger partial charge in [0.2, 0.25) is 5.91 Å². The lowest BCUT2D eigenvalue weighted by atomic mass is 10.2. The molecule has 1 atom stereocenters. The first-order valence-electron chi connectivity index (χ1n) is 6.54. The van der Waals surface area contributed by atoms with Gasteiger partial charge in [-0.3, -0.25) is 9.59 Å². The zero-order chi connectivity index (χ0) is 14.8. The number of amides is 2. The first kappa shape index (κ1) is 13.8. The number of nitrogens with zero attached hydrogens (tertiary/aromatic N) is 1. The molecule has 4 nitrogen and oxygen atoms in total. The summed E-state index contributed by atoms with van der Waals surface area (Å²) in [6.45, 7) is 0.361. The Morgan fingerprint density at radius 3 is 2.90 bits per heavy atom. The van der Waals surface area contributed by atoms with Crippen molar-refractivity contribution >= 4 is 28.8 Å². The van der Waals surface area contributed by atoms with Gasteiger partial charge in [-0.25, -0.2) is 4.39 Å². The van der Waals surface area contributed by atoms with Gasteiger partial charge in [0.1, 0.15) is 5.82 Å². The highest BCUT2D eigenvalue weighted by Gasteiger charge is 2.31. The minimum Gasteiger partial charge on any atom is -0.346 e. The smallest absolute Gasteiger partial charge is 0.261 e. The standard InChI is InChI=1S/C15H13FN2O2S/c16-10-3-1-4-12(7-10)18-9-11(8-14(18)19)17-15(20)13-5-2-6-21-13/h1-7,11H,8-9H2,(H,17,20)/t11-/m1/s1. The van der Waals surface area contributed by atoms with Crippen LogP contribution in [0.25, 0.3) is 0 Å². The quantitative estimate of drug-likeness (QED) is 0.947. The highest BCUT2D eigenvalue weighted by atomic mass is 32.1. The van der Waals surface area contributed by atoms with Crippen LogP contribution in [0.3, 0.4) is 0 Å². The van der Waals surface area contributed by atoms with Gasteiger partial charge in [0.05, 0.1) is 10.9 Å². The second kappa shape index (κ2) is 5.65. The topological polar surface area (TPSA) is 49.4 Å². The third-order valence-corrected chi connectivity index (χ3v) is 4.19. The van der Waals surface area contributed by atoms with E-state index in [0.717, 1.165) is 0 Å². The second-order valence-corrected chi connectivity index (χ2v) is 5.78. The summed E-state index contributed by atoms with van der Waals surface area (Å²) in [4.78, 5) is 26.1. The molecule has 0 unspecified atom stereocenters. The van der Waals surface area contributed by atoms with Crippen molar-refractivity contribution in [2.24, 2.45) is 0 Å². The van der Waals surface area contributed by atoms with Crippen molar-refractivity contribution in [1.82, 2.24) is 5.32 Å². The summed E-state index contributed by atoms with van der Waals surface area (Å²) in [5, 5.41) is 4.67. The molecule has 0 aliphatic carbocycles. The van der Waals surface area contributed by atoms with Crippen molar-refractivity contribution in [1.29, 1.82) is 0 Å². The molecule has 0 spiro atoms. The molecule has 2 heterocycles. The Morgan fingerprint density at radius 2 is 2.19 bits per heavy atom. The molecule has 1 saturated heterocycles. The minimum atomic E-state index is -0.383. The molecule has 2 aromatic rings. The number of hydrogen-bond donors (Lipinski definition) is 1. The summed E-state index contributed by atoms with van der Waals surface area (Å²) in [6.07, 6.45) is 0.230. The molecule has 1 aliphatic rings. The number of thiophene rings is 1. The van der Waals surface area contributed by atoms with Crippen LogP contribution in [0.1, 0.15) is 16.1 Å². The lowest BCUT2D eigenvalue weighted by Gasteiger charge is -2.17. The van der Waals surface area contributed by atoms with Gasteiger partial charge < -0.3 is 10.2 Å². The second-order valence-electron chi connectivity index (χ2n) is 4.84. The summed E-state index contributed by atoms with van der Waals surface area (Å²) < 4.78 is 13.2. The molecular weight excluding hydrogens is 291 g/mol. The number of anilines is 1. The predicted molar refractivity (Wildman–Crippen MR) is 78.9 cm³/mol. The van der Waals surface area contributed by atoms with E-state index in [2.05, 4.69) is 5.32 Å². The normalized spacial score (nSPS) is 18.0. The Balaban J connectivity index is 1.69. The monoisotopic (exact) mass is 304 g/mol. The summed E-state index contributed by atoms with van der Waals surface area (Å²) in [5.41, 5.74) is 0.521. The van der Waals surface area contributed by atoms with Crippen LogP contribution in [0.2, 0.25) is 0 Å². The fourth-order valence-electron chi connectivity index (χ4n) is 2.36. The maximum Gasteiger partial charge on any atom is 0.261 e. The van der Waals surface area contributed by atoms with Crippen LogP contribution in [0.4, 0.5) is 10.1 Å². The van der Waals surface area contributed by atoms with E-state index in [0.29, 0.717) is 17.1 Å². The maximum atomic E-state index is 13.2. The van der Waals surface area contributed by atoms with E-state index in [1.54, 1.807) is 24.3 Å². The van der Waals surface area contributed by atoms with Gasteiger partial charge in [0.25, 0.3) is 5.91 Å². The molecule has 0 radical (unpaired) electrons. The Hall–Kier alpha value is -2.21. The highest BCUT2D eigenvalue weighted by molar-refractivity contribution is 7.12. The SMILES string of the molecule is O=C(N[C@@H]1CC(=O)N(c2cccc(F)c2)C1)c1cccs1. The van der Waals surface area contributed by atoms with Crippen LogP contribution in [0.15, 0.2) is 41.8 Å². The van der Waals surface area contributed by atoms with E-state index < -0.39 is 0 Å². The van der Waals surface area contributed by atoms with Crippen molar-refractivity contribution < 1.29 is 14.0 Å². The van der Waals surface area contributed by atoms with Gasteiger partial charge in [0, 0.05) is 18.7 Å². The van der Waals surface area contributed by atoms with Gasteiger partial charge in [-0.05, 0) is 29.6 Å². The Bertz CT molecular complexity index is 672. The van der Waals surface area contributed by atoms with Gasteiger partial charge >= 0.3 is 0 Å². The van der Waals surface area contributed by atoms with E-state index in [9.17, 15) is 14.0 Å². The lowest BCUT2D eigenvalue weighted by molar-refractivity contribution is -0.117. The third kappa shape index (κ3) is 2.95. The van der Waals surface area contributed by atoms with E-state index >= 15 is 0 Å². The zero-order valence-corrected chi connectivity index (χ0v) is 11.9. The fraction of sp³-hybridized carbons (Fsp3) is 0.200. The molecule has 0 bridgehead atoms. The minimum absolute atomic E-state index is 0.114. The van der Waals surface area contributed by atoms with Crippen molar-refractivity contribution in [2.75, 3.05) is 11.4 Å². The Kier molecular flexibility index (Phi) is 3.70. The fourth-order valence-corrected chi connectivity index (χ4v) is 2.99. The summed E-state index contributed by atoms with van der Waals surface area (Å²) in [5.74, 6) is -0.674. The van der Waals surface area contributed by atoms with Gasteiger partial charge in [-0.2, -0.15) is 0 Å². The van der Waals surface area contributed by atoms with E-state index in [4.69, 9.17) is 0 Å². The van der Waals surface area contributed by atoms with Crippen LogP contribution in [0.5, 0.6) is 0 Å². The van der Waals surface area contributed by atoms with E-state index in [1.807, 2.05) is 5.38 Å². The molecule has 1 N–H and O–H groups in total. The lowest BCUT2D eigenvalue weighted by Crippen LogP contribution is -2.36. The van der Waals surface area contributed by atoms with Crippen molar-refractivity contribution in [2.45, 2.75) is 12.5 Å². The van der Waals surface area contributed by atoms with Crippen molar-refractivity contribution in [3.63, 3.8) is 0 Å². The zero-order valence-electron chi connectivity index (χ0n) is 11.1. The predicted octanol–water partition coefficient (Wildman–Crippen LogP) is 2.42. The number of rotatable bonds is 3. The number of hydrogen-bond acceptors (Lipinski definition) is 3. The average molecular weight is 304 g/mol. The molecule has 108 valence electrons. The molecular formula is C15H13FN2O2S. The first-order valence-corrected chi connectivity index (χ1v) is 7.42. The Labute approximate surface area is 125 Å². The summed E-state index contributed by atoms with van der Waals surface area (Å²) >= 11 is 1.35. The molecule has 1 fully saturated rings. The molecule has 6 heteroatoms. The number of carbonyl (C=O) groups is 2.